The topological polar surface area (TPSA) is 24.7 Å². The fourth-order valence-electron chi connectivity index (χ4n) is 4.70. The summed E-state index contributed by atoms with van der Waals surface area (Å²) in [5, 5.41) is 0. The highest BCUT2D eigenvalue weighted by atomic mass is 15.2. The Labute approximate surface area is 176 Å². The van der Waals surface area contributed by atoms with Crippen LogP contribution in [0.15, 0.2) is 131 Å². The number of benzene rings is 4. The lowest BCUT2D eigenvalue weighted by molar-refractivity contribution is 0.537. The Kier molecular flexibility index (Phi) is 3.63. The first kappa shape index (κ1) is 17.1. The van der Waals surface area contributed by atoms with Gasteiger partial charge >= 0.3 is 0 Å². The van der Waals surface area contributed by atoms with Gasteiger partial charge in [-0.3, -0.25) is 9.98 Å². The first-order chi connectivity index (χ1) is 14.9. The summed E-state index contributed by atoms with van der Waals surface area (Å²) in [6.45, 7) is 0. The minimum Gasteiger partial charge on any atom is -0.265 e. The Hall–Kier alpha value is -3.78. The molecule has 0 fully saturated rings. The van der Waals surface area contributed by atoms with E-state index in [9.17, 15) is 0 Å². The van der Waals surface area contributed by atoms with Crippen molar-refractivity contribution in [3.8, 4) is 0 Å². The molecule has 0 saturated carbocycles. The van der Waals surface area contributed by atoms with Gasteiger partial charge < -0.3 is 0 Å². The van der Waals surface area contributed by atoms with Gasteiger partial charge in [-0.2, -0.15) is 0 Å². The molecule has 4 aromatic rings. The lowest BCUT2D eigenvalue weighted by Gasteiger charge is -2.28. The fourth-order valence-corrected chi connectivity index (χ4v) is 4.70. The predicted molar refractivity (Wildman–Crippen MR) is 122 cm³/mol. The van der Waals surface area contributed by atoms with E-state index in [1.165, 1.54) is 11.1 Å². The third-order valence-electron chi connectivity index (χ3n) is 6.15. The molecule has 142 valence electrons. The molecule has 2 atom stereocenters. The van der Waals surface area contributed by atoms with E-state index < -0.39 is 11.1 Å². The van der Waals surface area contributed by atoms with E-state index in [0.29, 0.717) is 0 Å². The van der Waals surface area contributed by atoms with Crippen LogP contribution in [0.3, 0.4) is 0 Å². The van der Waals surface area contributed by atoms with Gasteiger partial charge in [-0.1, -0.05) is 121 Å². The van der Waals surface area contributed by atoms with Crippen molar-refractivity contribution >= 4 is 11.4 Å². The molecule has 0 aliphatic carbocycles. The maximum absolute atomic E-state index is 5.22. The Morgan fingerprint density at radius 1 is 0.367 bits per heavy atom. The second-order valence-electron chi connectivity index (χ2n) is 7.81. The van der Waals surface area contributed by atoms with E-state index in [0.717, 1.165) is 22.6 Å². The van der Waals surface area contributed by atoms with Crippen molar-refractivity contribution < 1.29 is 0 Å². The zero-order chi connectivity index (χ0) is 20.0. The Morgan fingerprint density at radius 2 is 0.667 bits per heavy atom. The summed E-state index contributed by atoms with van der Waals surface area (Å²) in [5.41, 5.74) is 5.87. The monoisotopic (exact) mass is 384 g/mol. The number of rotatable bonds is 5. The summed E-state index contributed by atoms with van der Waals surface area (Å²) >= 11 is 0. The summed E-state index contributed by atoms with van der Waals surface area (Å²) in [5.74, 6) is 0. The van der Waals surface area contributed by atoms with Gasteiger partial charge in [0.1, 0.15) is 0 Å². The van der Waals surface area contributed by atoms with E-state index in [1.807, 2.05) is 12.1 Å². The van der Waals surface area contributed by atoms with Crippen molar-refractivity contribution in [1.82, 2.24) is 0 Å². The van der Waals surface area contributed by atoms with Gasteiger partial charge in [-0.05, 0) is 22.3 Å². The van der Waals surface area contributed by atoms with Crippen LogP contribution in [0.25, 0.3) is 0 Å². The SMILES string of the molecule is c1ccc(C2=N[C@@]2(c2ccccc2)[C@]2(c3ccccc3)N=C2c2ccccc2)cc1. The Balaban J connectivity index is 1.56. The van der Waals surface area contributed by atoms with Crippen molar-refractivity contribution in [3.63, 3.8) is 0 Å². The number of nitrogens with zero attached hydrogens (tertiary/aromatic N) is 2. The zero-order valence-electron chi connectivity index (χ0n) is 16.4. The van der Waals surface area contributed by atoms with Crippen LogP contribution >= 0.6 is 0 Å². The molecule has 2 nitrogen and oxygen atoms in total. The van der Waals surface area contributed by atoms with Crippen molar-refractivity contribution in [1.29, 1.82) is 0 Å². The van der Waals surface area contributed by atoms with E-state index in [1.54, 1.807) is 0 Å². The summed E-state index contributed by atoms with van der Waals surface area (Å²) in [6, 6.07) is 42.2. The highest BCUT2D eigenvalue weighted by molar-refractivity contribution is 6.29. The standard InChI is InChI=1S/C28H20N2/c1-5-13-21(14-6-1)25-27(29-25,23-17-9-3-10-18-23)28(24-19-11-4-12-20-24)26(30-28)22-15-7-2-8-16-22/h1-20H/t27-,28-/m1/s1. The molecule has 0 bridgehead atoms. The highest BCUT2D eigenvalue weighted by Gasteiger charge is 2.73. The van der Waals surface area contributed by atoms with E-state index >= 15 is 0 Å². The lowest BCUT2D eigenvalue weighted by atomic mass is 9.71. The van der Waals surface area contributed by atoms with Crippen LogP contribution in [-0.4, -0.2) is 11.4 Å². The molecule has 2 heterocycles. The quantitative estimate of drug-likeness (QED) is 0.416. The molecule has 6 rings (SSSR count). The van der Waals surface area contributed by atoms with Crippen LogP contribution in [0, 0.1) is 0 Å². The zero-order valence-corrected chi connectivity index (χ0v) is 16.4. The maximum Gasteiger partial charge on any atom is 0.163 e. The van der Waals surface area contributed by atoms with E-state index in [-0.39, 0.29) is 0 Å². The highest BCUT2D eigenvalue weighted by Crippen LogP contribution is 2.63. The second kappa shape index (κ2) is 6.36. The molecule has 0 spiro atoms. The van der Waals surface area contributed by atoms with Crippen molar-refractivity contribution in [2.24, 2.45) is 9.98 Å². The van der Waals surface area contributed by atoms with Gasteiger partial charge in [0.15, 0.2) is 11.1 Å². The van der Waals surface area contributed by atoms with Crippen molar-refractivity contribution in [2.75, 3.05) is 0 Å². The summed E-state index contributed by atoms with van der Waals surface area (Å²) in [4.78, 5) is 10.4. The van der Waals surface area contributed by atoms with Crippen molar-refractivity contribution in [2.45, 2.75) is 11.1 Å². The number of aliphatic imine (C=N–C) groups is 2. The molecule has 30 heavy (non-hydrogen) atoms. The third kappa shape index (κ3) is 2.31. The molecule has 0 N–H and O–H groups in total. The van der Waals surface area contributed by atoms with Gasteiger partial charge in [-0.25, -0.2) is 0 Å². The van der Waals surface area contributed by atoms with Crippen LogP contribution in [0.2, 0.25) is 0 Å². The number of hydrogen-bond acceptors (Lipinski definition) is 2. The second-order valence-corrected chi connectivity index (χ2v) is 7.81. The van der Waals surface area contributed by atoms with Crippen LogP contribution in [0.1, 0.15) is 22.3 Å². The molecule has 4 aromatic carbocycles. The summed E-state index contributed by atoms with van der Waals surface area (Å²) in [7, 11) is 0. The molecule has 0 aromatic heterocycles. The Morgan fingerprint density at radius 3 is 1.00 bits per heavy atom. The molecule has 2 heteroatoms. The predicted octanol–water partition coefficient (Wildman–Crippen LogP) is 5.78. The van der Waals surface area contributed by atoms with Crippen molar-refractivity contribution in [3.05, 3.63) is 144 Å². The van der Waals surface area contributed by atoms with Gasteiger partial charge in [0.05, 0.1) is 11.4 Å². The molecule has 0 amide bonds. The minimum absolute atomic E-state index is 0.512. The third-order valence-corrected chi connectivity index (χ3v) is 6.15. The first-order valence-electron chi connectivity index (χ1n) is 10.3. The van der Waals surface area contributed by atoms with Crippen LogP contribution in [0.5, 0.6) is 0 Å². The molecule has 2 aliphatic rings. The lowest BCUT2D eigenvalue weighted by Crippen LogP contribution is -2.38. The van der Waals surface area contributed by atoms with Gasteiger partial charge in [0.2, 0.25) is 0 Å². The molecule has 2 aliphatic heterocycles. The summed E-state index contributed by atoms with van der Waals surface area (Å²) in [6.07, 6.45) is 0. The number of hydrogen-bond donors (Lipinski definition) is 0. The minimum atomic E-state index is -0.512. The maximum atomic E-state index is 5.22. The smallest absolute Gasteiger partial charge is 0.163 e. The normalized spacial score (nSPS) is 24.0. The van der Waals surface area contributed by atoms with Crippen LogP contribution in [-0.2, 0) is 11.1 Å². The van der Waals surface area contributed by atoms with Gasteiger partial charge in [0, 0.05) is 0 Å². The van der Waals surface area contributed by atoms with E-state index in [2.05, 4.69) is 109 Å². The molecule has 0 saturated heterocycles. The molecular formula is C28H20N2. The first-order valence-corrected chi connectivity index (χ1v) is 10.3. The fraction of sp³-hybridized carbons (Fsp3) is 0.0714. The van der Waals surface area contributed by atoms with E-state index in [4.69, 9.17) is 9.98 Å². The largest absolute Gasteiger partial charge is 0.265 e. The van der Waals surface area contributed by atoms with Crippen LogP contribution in [0.4, 0.5) is 0 Å². The average Bonchev–Trinajstić information content (AvgIpc) is 3.75. The van der Waals surface area contributed by atoms with Crippen LogP contribution < -0.4 is 0 Å². The molecule has 0 unspecified atom stereocenters. The Bertz CT molecular complexity index is 1160. The van der Waals surface area contributed by atoms with Gasteiger partial charge in [-0.15, -0.1) is 0 Å². The molecule has 0 radical (unpaired) electrons. The molecular weight excluding hydrogens is 364 g/mol. The summed E-state index contributed by atoms with van der Waals surface area (Å²) < 4.78 is 0. The average molecular weight is 384 g/mol. The van der Waals surface area contributed by atoms with Gasteiger partial charge in [0.25, 0.3) is 0 Å².